The Labute approximate surface area is 176 Å². The molecular weight excluding hydrogens is 380 g/mol. The molecule has 0 spiro atoms. The summed E-state index contributed by atoms with van der Waals surface area (Å²) >= 11 is 0. The summed E-state index contributed by atoms with van der Waals surface area (Å²) in [5, 5.41) is 2.86. The second-order valence-electron chi connectivity index (χ2n) is 6.51. The van der Waals surface area contributed by atoms with E-state index < -0.39 is 0 Å². The molecule has 0 aliphatic rings. The summed E-state index contributed by atoms with van der Waals surface area (Å²) in [6.45, 7) is 0. The van der Waals surface area contributed by atoms with E-state index in [-0.39, 0.29) is 5.91 Å². The van der Waals surface area contributed by atoms with Gasteiger partial charge in [0.15, 0.2) is 11.5 Å². The van der Waals surface area contributed by atoms with Gasteiger partial charge in [0, 0.05) is 24.2 Å². The standard InChI is InChI=1S/C24H24N2O4/c1-28-21-15-19(16-22(29-2)24(21)30-3)6-9-23(27)26-20-7-4-17(5-8-20)14-18-10-12-25-13-11-18/h4-13,15-16H,14H2,1-3H3,(H,26,27)/b9-6+. The van der Waals surface area contributed by atoms with Crippen LogP contribution in [0.15, 0.2) is 67.0 Å². The summed E-state index contributed by atoms with van der Waals surface area (Å²) in [5.74, 6) is 1.34. The fraction of sp³-hybridized carbons (Fsp3) is 0.167. The highest BCUT2D eigenvalue weighted by Gasteiger charge is 2.12. The van der Waals surface area contributed by atoms with Crippen molar-refractivity contribution in [2.45, 2.75) is 6.42 Å². The van der Waals surface area contributed by atoms with Crippen LogP contribution in [0.2, 0.25) is 0 Å². The number of hydrogen-bond donors (Lipinski definition) is 1. The fourth-order valence-electron chi connectivity index (χ4n) is 3.00. The smallest absolute Gasteiger partial charge is 0.248 e. The molecule has 0 saturated carbocycles. The molecule has 3 aromatic rings. The number of carbonyl (C=O) groups is 1. The molecule has 1 amide bonds. The van der Waals surface area contributed by atoms with Crippen LogP contribution in [0.4, 0.5) is 5.69 Å². The first-order valence-corrected chi connectivity index (χ1v) is 9.40. The molecule has 154 valence electrons. The van der Waals surface area contributed by atoms with Gasteiger partial charge < -0.3 is 19.5 Å². The third-order valence-corrected chi connectivity index (χ3v) is 4.49. The number of methoxy groups -OCH3 is 3. The third-order valence-electron chi connectivity index (χ3n) is 4.49. The van der Waals surface area contributed by atoms with Crippen LogP contribution in [0.25, 0.3) is 6.08 Å². The lowest BCUT2D eigenvalue weighted by atomic mass is 10.1. The zero-order valence-electron chi connectivity index (χ0n) is 17.2. The zero-order chi connectivity index (χ0) is 21.3. The van der Waals surface area contributed by atoms with Crippen LogP contribution >= 0.6 is 0 Å². The first-order valence-electron chi connectivity index (χ1n) is 9.40. The van der Waals surface area contributed by atoms with E-state index in [1.165, 1.54) is 11.6 Å². The minimum absolute atomic E-state index is 0.231. The molecule has 1 heterocycles. The molecule has 1 aromatic heterocycles. The van der Waals surface area contributed by atoms with Gasteiger partial charge >= 0.3 is 0 Å². The molecule has 0 aliphatic carbocycles. The van der Waals surface area contributed by atoms with E-state index in [0.29, 0.717) is 17.2 Å². The highest BCUT2D eigenvalue weighted by molar-refractivity contribution is 6.02. The average molecular weight is 404 g/mol. The van der Waals surface area contributed by atoms with Gasteiger partial charge in [0.25, 0.3) is 0 Å². The number of hydrogen-bond acceptors (Lipinski definition) is 5. The first-order chi connectivity index (χ1) is 14.6. The number of benzene rings is 2. The number of nitrogens with one attached hydrogen (secondary N) is 1. The molecule has 6 heteroatoms. The Morgan fingerprint density at radius 2 is 1.50 bits per heavy atom. The number of aromatic nitrogens is 1. The van der Waals surface area contributed by atoms with Gasteiger partial charge in [-0.15, -0.1) is 0 Å². The number of ether oxygens (including phenoxy) is 3. The van der Waals surface area contributed by atoms with E-state index in [0.717, 1.165) is 23.2 Å². The largest absolute Gasteiger partial charge is 0.493 e. The van der Waals surface area contributed by atoms with Gasteiger partial charge in [0.2, 0.25) is 11.7 Å². The van der Waals surface area contributed by atoms with Crippen molar-refractivity contribution in [2.75, 3.05) is 26.6 Å². The highest BCUT2D eigenvalue weighted by Crippen LogP contribution is 2.38. The molecule has 0 fully saturated rings. The molecule has 0 radical (unpaired) electrons. The van der Waals surface area contributed by atoms with Gasteiger partial charge in [0.1, 0.15) is 0 Å². The maximum atomic E-state index is 12.3. The SMILES string of the molecule is COc1cc(/C=C/C(=O)Nc2ccc(Cc3ccncc3)cc2)cc(OC)c1OC. The number of amides is 1. The molecule has 1 N–H and O–H groups in total. The molecule has 3 rings (SSSR count). The minimum atomic E-state index is -0.231. The Morgan fingerprint density at radius 1 is 0.900 bits per heavy atom. The van der Waals surface area contributed by atoms with Gasteiger partial charge in [0.05, 0.1) is 21.3 Å². The van der Waals surface area contributed by atoms with Crippen LogP contribution in [0.1, 0.15) is 16.7 Å². The van der Waals surface area contributed by atoms with E-state index in [4.69, 9.17) is 14.2 Å². The summed E-state index contributed by atoms with van der Waals surface area (Å²) in [6.07, 6.45) is 7.54. The summed E-state index contributed by atoms with van der Waals surface area (Å²) < 4.78 is 16.0. The Balaban J connectivity index is 1.64. The molecule has 0 unspecified atom stereocenters. The van der Waals surface area contributed by atoms with Crippen LogP contribution in [0.3, 0.4) is 0 Å². The predicted octanol–water partition coefficient (Wildman–Crippen LogP) is 4.35. The van der Waals surface area contributed by atoms with Crippen LogP contribution < -0.4 is 19.5 Å². The minimum Gasteiger partial charge on any atom is -0.493 e. The van der Waals surface area contributed by atoms with Crippen molar-refractivity contribution < 1.29 is 19.0 Å². The fourth-order valence-corrected chi connectivity index (χ4v) is 3.00. The van der Waals surface area contributed by atoms with Crippen molar-refractivity contribution in [3.05, 3.63) is 83.7 Å². The molecule has 30 heavy (non-hydrogen) atoms. The lowest BCUT2D eigenvalue weighted by Crippen LogP contribution is -2.07. The third kappa shape index (κ3) is 5.38. The topological polar surface area (TPSA) is 69.7 Å². The van der Waals surface area contributed by atoms with Crippen LogP contribution in [-0.2, 0) is 11.2 Å². The van der Waals surface area contributed by atoms with Crippen molar-refractivity contribution >= 4 is 17.7 Å². The van der Waals surface area contributed by atoms with Crippen LogP contribution in [0.5, 0.6) is 17.2 Å². The molecule has 0 atom stereocenters. The summed E-state index contributed by atoms with van der Waals surface area (Å²) in [6, 6.07) is 15.3. The molecular formula is C24H24N2O4. The Morgan fingerprint density at radius 3 is 2.07 bits per heavy atom. The summed E-state index contributed by atoms with van der Waals surface area (Å²) in [5.41, 5.74) is 3.84. The van der Waals surface area contributed by atoms with Crippen molar-refractivity contribution in [1.82, 2.24) is 4.98 Å². The summed E-state index contributed by atoms with van der Waals surface area (Å²) in [4.78, 5) is 16.3. The zero-order valence-corrected chi connectivity index (χ0v) is 17.2. The van der Waals surface area contributed by atoms with Gasteiger partial charge in [-0.2, -0.15) is 0 Å². The number of rotatable bonds is 8. The van der Waals surface area contributed by atoms with E-state index in [2.05, 4.69) is 10.3 Å². The number of nitrogens with zero attached hydrogens (tertiary/aromatic N) is 1. The predicted molar refractivity (Wildman–Crippen MR) is 117 cm³/mol. The Kier molecular flexibility index (Phi) is 7.05. The second kappa shape index (κ2) is 10.1. The Hall–Kier alpha value is -3.80. The van der Waals surface area contributed by atoms with E-state index in [1.807, 2.05) is 36.4 Å². The van der Waals surface area contributed by atoms with Crippen LogP contribution in [-0.4, -0.2) is 32.2 Å². The van der Waals surface area contributed by atoms with Crippen LogP contribution in [0, 0.1) is 0 Å². The Bertz CT molecular complexity index is 990. The van der Waals surface area contributed by atoms with Crippen molar-refractivity contribution in [3.8, 4) is 17.2 Å². The second-order valence-corrected chi connectivity index (χ2v) is 6.51. The maximum absolute atomic E-state index is 12.3. The number of anilines is 1. The lowest BCUT2D eigenvalue weighted by Gasteiger charge is -2.12. The highest BCUT2D eigenvalue weighted by atomic mass is 16.5. The maximum Gasteiger partial charge on any atom is 0.248 e. The van der Waals surface area contributed by atoms with Gasteiger partial charge in [-0.3, -0.25) is 9.78 Å². The van der Waals surface area contributed by atoms with Crippen molar-refractivity contribution in [2.24, 2.45) is 0 Å². The van der Waals surface area contributed by atoms with E-state index in [9.17, 15) is 4.79 Å². The van der Waals surface area contributed by atoms with Crippen molar-refractivity contribution in [3.63, 3.8) is 0 Å². The molecule has 0 saturated heterocycles. The van der Waals surface area contributed by atoms with Crippen molar-refractivity contribution in [1.29, 1.82) is 0 Å². The average Bonchev–Trinajstić information content (AvgIpc) is 2.78. The lowest BCUT2D eigenvalue weighted by molar-refractivity contribution is -0.111. The quantitative estimate of drug-likeness (QED) is 0.565. The van der Waals surface area contributed by atoms with E-state index in [1.54, 1.807) is 51.9 Å². The monoisotopic (exact) mass is 404 g/mol. The van der Waals surface area contributed by atoms with Gasteiger partial charge in [-0.05, 0) is 65.6 Å². The van der Waals surface area contributed by atoms with Gasteiger partial charge in [-0.1, -0.05) is 12.1 Å². The van der Waals surface area contributed by atoms with E-state index >= 15 is 0 Å². The molecule has 6 nitrogen and oxygen atoms in total. The normalized spacial score (nSPS) is 10.6. The number of carbonyl (C=O) groups excluding carboxylic acids is 1. The molecule has 2 aromatic carbocycles. The molecule has 0 aliphatic heterocycles. The summed E-state index contributed by atoms with van der Waals surface area (Å²) in [7, 11) is 4.65. The number of pyridine rings is 1. The molecule has 0 bridgehead atoms. The van der Waals surface area contributed by atoms with Gasteiger partial charge in [-0.25, -0.2) is 0 Å². The first kappa shape index (κ1) is 20.9.